The number of carbonyl (C=O) groups excluding carboxylic acids is 3. The SMILES string of the molecule is Cc1csc(=O)n1CC(=O)OCC(=O)N(C)CC(=O)Nc1ccc(F)cc1. The number of carbonyl (C=O) groups is 3. The Hall–Kier alpha value is -3.01. The van der Waals surface area contributed by atoms with Crippen LogP contribution in [0.4, 0.5) is 10.1 Å². The molecule has 2 amide bonds. The van der Waals surface area contributed by atoms with E-state index in [9.17, 15) is 23.6 Å². The number of aryl methyl sites for hydroxylation is 1. The van der Waals surface area contributed by atoms with Gasteiger partial charge in [0.05, 0.1) is 6.54 Å². The number of hydrogen-bond donors (Lipinski definition) is 1. The number of benzene rings is 1. The lowest BCUT2D eigenvalue weighted by atomic mass is 10.3. The molecule has 27 heavy (non-hydrogen) atoms. The molecule has 1 N–H and O–H groups in total. The third kappa shape index (κ3) is 6.03. The average Bonchev–Trinajstić information content (AvgIpc) is 2.93. The molecular weight excluding hydrogens is 377 g/mol. The third-order valence-corrected chi connectivity index (χ3v) is 4.44. The Morgan fingerprint density at radius 1 is 1.26 bits per heavy atom. The first kappa shape index (κ1) is 20.3. The second kappa shape index (κ2) is 9.08. The van der Waals surface area contributed by atoms with Crippen molar-refractivity contribution in [3.8, 4) is 0 Å². The van der Waals surface area contributed by atoms with Crippen LogP contribution in [0.15, 0.2) is 34.4 Å². The van der Waals surface area contributed by atoms with Crippen LogP contribution in [-0.4, -0.2) is 47.4 Å². The lowest BCUT2D eigenvalue weighted by molar-refractivity contribution is -0.152. The van der Waals surface area contributed by atoms with E-state index in [1.165, 1.54) is 35.9 Å². The summed E-state index contributed by atoms with van der Waals surface area (Å²) < 4.78 is 18.9. The number of nitrogens with zero attached hydrogens (tertiary/aromatic N) is 2. The highest BCUT2D eigenvalue weighted by atomic mass is 32.1. The molecule has 1 aromatic carbocycles. The smallest absolute Gasteiger partial charge is 0.326 e. The van der Waals surface area contributed by atoms with Crippen LogP contribution in [-0.2, 0) is 25.7 Å². The highest BCUT2D eigenvalue weighted by Crippen LogP contribution is 2.08. The van der Waals surface area contributed by atoms with Gasteiger partial charge in [-0.15, -0.1) is 0 Å². The van der Waals surface area contributed by atoms with Crippen molar-refractivity contribution in [2.24, 2.45) is 0 Å². The standard InChI is InChI=1S/C17H18FN3O5S/c1-11-10-27-17(25)21(11)8-16(24)26-9-15(23)20(2)7-14(22)19-13-5-3-12(18)4-6-13/h3-6,10H,7-9H2,1-2H3,(H,19,22). The Bertz CT molecular complexity index is 891. The molecule has 0 bridgehead atoms. The Balaban J connectivity index is 1.77. The van der Waals surface area contributed by atoms with Gasteiger partial charge in [0.2, 0.25) is 5.91 Å². The highest BCUT2D eigenvalue weighted by molar-refractivity contribution is 7.07. The number of anilines is 1. The number of aromatic nitrogens is 1. The predicted octanol–water partition coefficient (Wildman–Crippen LogP) is 0.998. The molecule has 0 spiro atoms. The van der Waals surface area contributed by atoms with Crippen molar-refractivity contribution >= 4 is 34.8 Å². The zero-order chi connectivity index (χ0) is 20.0. The summed E-state index contributed by atoms with van der Waals surface area (Å²) in [6.07, 6.45) is 0. The number of rotatable bonds is 7. The largest absolute Gasteiger partial charge is 0.454 e. The van der Waals surface area contributed by atoms with Crippen molar-refractivity contribution in [1.82, 2.24) is 9.47 Å². The van der Waals surface area contributed by atoms with Gasteiger partial charge in [-0.2, -0.15) is 0 Å². The van der Waals surface area contributed by atoms with Crippen LogP contribution in [0.25, 0.3) is 0 Å². The molecule has 144 valence electrons. The molecule has 10 heteroatoms. The quantitative estimate of drug-likeness (QED) is 0.706. The fourth-order valence-electron chi connectivity index (χ4n) is 2.06. The fourth-order valence-corrected chi connectivity index (χ4v) is 2.80. The lowest BCUT2D eigenvalue weighted by Gasteiger charge is -2.17. The van der Waals surface area contributed by atoms with Gasteiger partial charge >= 0.3 is 10.8 Å². The molecular formula is C17H18FN3O5S. The molecule has 0 unspecified atom stereocenters. The molecule has 0 aliphatic carbocycles. The molecule has 0 fully saturated rings. The Morgan fingerprint density at radius 2 is 1.93 bits per heavy atom. The van der Waals surface area contributed by atoms with Crippen LogP contribution >= 0.6 is 11.3 Å². The molecule has 0 aliphatic heterocycles. The minimum absolute atomic E-state index is 0.267. The van der Waals surface area contributed by atoms with Crippen LogP contribution in [0, 0.1) is 12.7 Å². The first-order valence-corrected chi connectivity index (χ1v) is 8.74. The van der Waals surface area contributed by atoms with E-state index >= 15 is 0 Å². The zero-order valence-corrected chi connectivity index (χ0v) is 15.5. The number of nitrogens with one attached hydrogen (secondary N) is 1. The van der Waals surface area contributed by atoms with Gasteiger partial charge in [-0.3, -0.25) is 23.7 Å². The molecule has 8 nitrogen and oxygen atoms in total. The first-order chi connectivity index (χ1) is 12.8. The van der Waals surface area contributed by atoms with Gasteiger partial charge in [-0.05, 0) is 31.2 Å². The lowest BCUT2D eigenvalue weighted by Crippen LogP contribution is -2.37. The second-order valence-electron chi connectivity index (χ2n) is 5.69. The summed E-state index contributed by atoms with van der Waals surface area (Å²) in [6.45, 7) is 0.591. The summed E-state index contributed by atoms with van der Waals surface area (Å²) in [5, 5.41) is 4.14. The van der Waals surface area contributed by atoms with Crippen molar-refractivity contribution in [2.75, 3.05) is 25.5 Å². The van der Waals surface area contributed by atoms with Crippen LogP contribution in [0.5, 0.6) is 0 Å². The van der Waals surface area contributed by atoms with Crippen LogP contribution in [0.2, 0.25) is 0 Å². The van der Waals surface area contributed by atoms with Gasteiger partial charge < -0.3 is 15.0 Å². The maximum absolute atomic E-state index is 12.8. The monoisotopic (exact) mass is 395 g/mol. The van der Waals surface area contributed by atoms with Gasteiger partial charge in [0.15, 0.2) is 6.61 Å². The molecule has 0 atom stereocenters. The topological polar surface area (TPSA) is 97.7 Å². The number of hydrogen-bond acceptors (Lipinski definition) is 6. The summed E-state index contributed by atoms with van der Waals surface area (Å²) in [6, 6.07) is 5.19. The summed E-state index contributed by atoms with van der Waals surface area (Å²) in [7, 11) is 1.38. The Morgan fingerprint density at radius 3 is 2.52 bits per heavy atom. The van der Waals surface area contributed by atoms with E-state index in [-0.39, 0.29) is 18.0 Å². The summed E-state index contributed by atoms with van der Waals surface area (Å²) in [5.74, 6) is -2.21. The molecule has 0 saturated carbocycles. The summed E-state index contributed by atoms with van der Waals surface area (Å²) in [4.78, 5) is 48.0. The fraction of sp³-hybridized carbons (Fsp3) is 0.294. The van der Waals surface area contributed by atoms with Crippen molar-refractivity contribution < 1.29 is 23.5 Å². The molecule has 1 heterocycles. The van der Waals surface area contributed by atoms with Crippen molar-refractivity contribution in [1.29, 1.82) is 0 Å². The second-order valence-corrected chi connectivity index (χ2v) is 6.52. The van der Waals surface area contributed by atoms with Gasteiger partial charge in [-0.25, -0.2) is 4.39 Å². The number of esters is 1. The first-order valence-electron chi connectivity index (χ1n) is 7.86. The number of halogens is 1. The molecule has 1 aromatic heterocycles. The van der Waals surface area contributed by atoms with Gasteiger partial charge in [-0.1, -0.05) is 11.3 Å². The van der Waals surface area contributed by atoms with Crippen LogP contribution < -0.4 is 10.2 Å². The molecule has 0 radical (unpaired) electrons. The van der Waals surface area contributed by atoms with Crippen molar-refractivity contribution in [2.45, 2.75) is 13.5 Å². The van der Waals surface area contributed by atoms with E-state index < -0.39 is 30.2 Å². The molecule has 2 rings (SSSR count). The minimum Gasteiger partial charge on any atom is -0.454 e. The Labute approximate surface area is 158 Å². The van der Waals surface area contributed by atoms with E-state index in [0.29, 0.717) is 11.4 Å². The maximum Gasteiger partial charge on any atom is 0.326 e. The normalized spacial score (nSPS) is 10.3. The van der Waals surface area contributed by atoms with E-state index in [1.807, 2.05) is 0 Å². The molecule has 0 saturated heterocycles. The van der Waals surface area contributed by atoms with Crippen molar-refractivity contribution in [3.63, 3.8) is 0 Å². The minimum atomic E-state index is -0.726. The Kier molecular flexibility index (Phi) is 6.83. The van der Waals surface area contributed by atoms with Gasteiger partial charge in [0.25, 0.3) is 5.91 Å². The predicted molar refractivity (Wildman–Crippen MR) is 96.9 cm³/mol. The third-order valence-electron chi connectivity index (χ3n) is 3.55. The maximum atomic E-state index is 12.8. The van der Waals surface area contributed by atoms with Crippen LogP contribution in [0.1, 0.15) is 5.69 Å². The van der Waals surface area contributed by atoms with E-state index in [0.717, 1.165) is 16.2 Å². The molecule has 2 aromatic rings. The summed E-state index contributed by atoms with van der Waals surface area (Å²) >= 11 is 0.970. The number of amides is 2. The van der Waals surface area contributed by atoms with Crippen LogP contribution in [0.3, 0.4) is 0 Å². The van der Waals surface area contributed by atoms with Gasteiger partial charge in [0.1, 0.15) is 12.4 Å². The van der Waals surface area contributed by atoms with E-state index in [2.05, 4.69) is 5.32 Å². The number of thiazole rings is 1. The highest BCUT2D eigenvalue weighted by Gasteiger charge is 2.16. The van der Waals surface area contributed by atoms with E-state index in [1.54, 1.807) is 12.3 Å². The molecule has 0 aliphatic rings. The van der Waals surface area contributed by atoms with Crippen molar-refractivity contribution in [3.05, 3.63) is 50.8 Å². The number of likely N-dealkylation sites (N-methyl/N-ethyl adjacent to an activating group) is 1. The average molecular weight is 395 g/mol. The van der Waals surface area contributed by atoms with E-state index in [4.69, 9.17) is 4.74 Å². The summed E-state index contributed by atoms with van der Waals surface area (Å²) in [5.41, 5.74) is 1.02. The zero-order valence-electron chi connectivity index (χ0n) is 14.7. The number of ether oxygens (including phenoxy) is 1. The van der Waals surface area contributed by atoms with Gasteiger partial charge in [0, 0.05) is 23.8 Å².